The molecule has 0 atom stereocenters. The van der Waals surface area contributed by atoms with Crippen LogP contribution in [0.5, 0.6) is 0 Å². The molecule has 0 unspecified atom stereocenters. The van der Waals surface area contributed by atoms with E-state index in [0.29, 0.717) is 43.1 Å². The number of carbonyl (C=O) groups is 2. The third-order valence-corrected chi connectivity index (χ3v) is 4.36. The first-order valence-corrected chi connectivity index (χ1v) is 7.50. The molecule has 2 heterocycles. The number of aromatic nitrogens is 1. The van der Waals surface area contributed by atoms with E-state index < -0.39 is 11.4 Å². The molecule has 1 N–H and O–H groups in total. The second-order valence-corrected chi connectivity index (χ2v) is 5.93. The molecule has 1 aliphatic heterocycles. The van der Waals surface area contributed by atoms with Crippen LogP contribution < -0.4 is 0 Å². The van der Waals surface area contributed by atoms with Crippen LogP contribution in [0.2, 0.25) is 5.02 Å². The monoisotopic (exact) mass is 310 g/mol. The first-order valence-electron chi connectivity index (χ1n) is 7.13. The zero-order valence-corrected chi connectivity index (χ0v) is 12.8. The van der Waals surface area contributed by atoms with E-state index in [1.54, 1.807) is 17.0 Å². The molecule has 21 heavy (non-hydrogen) atoms. The maximum atomic E-state index is 12.3. The van der Waals surface area contributed by atoms with Crippen LogP contribution >= 0.6 is 11.6 Å². The lowest BCUT2D eigenvalue weighted by molar-refractivity contribution is -0.152. The summed E-state index contributed by atoms with van der Waals surface area (Å²) in [6, 6.07) is 3.22. The molecule has 1 fully saturated rings. The van der Waals surface area contributed by atoms with Crippen molar-refractivity contribution in [1.29, 1.82) is 0 Å². The lowest BCUT2D eigenvalue weighted by atomic mass is 9.75. The average Bonchev–Trinajstić information content (AvgIpc) is 2.48. The number of carboxylic acids is 1. The Bertz CT molecular complexity index is 522. The van der Waals surface area contributed by atoms with Crippen LogP contribution in [0.1, 0.15) is 43.1 Å². The van der Waals surface area contributed by atoms with E-state index in [0.717, 1.165) is 6.42 Å². The number of halogens is 1. The molecule has 1 amide bonds. The molecule has 1 aromatic heterocycles. The average molecular weight is 311 g/mol. The van der Waals surface area contributed by atoms with Gasteiger partial charge in [0.1, 0.15) is 5.69 Å². The highest BCUT2D eigenvalue weighted by Crippen LogP contribution is 2.36. The van der Waals surface area contributed by atoms with E-state index in [1.165, 1.54) is 6.20 Å². The van der Waals surface area contributed by atoms with E-state index in [9.17, 15) is 14.7 Å². The van der Waals surface area contributed by atoms with Crippen molar-refractivity contribution in [3.8, 4) is 0 Å². The van der Waals surface area contributed by atoms with Gasteiger partial charge in [0.25, 0.3) is 5.91 Å². The first kappa shape index (κ1) is 15.8. The molecule has 1 saturated heterocycles. The molecular weight excluding hydrogens is 292 g/mol. The molecule has 0 spiro atoms. The van der Waals surface area contributed by atoms with Crippen molar-refractivity contribution in [3.05, 3.63) is 29.0 Å². The van der Waals surface area contributed by atoms with Crippen LogP contribution in [-0.2, 0) is 4.79 Å². The van der Waals surface area contributed by atoms with Gasteiger partial charge in [0.05, 0.1) is 10.4 Å². The van der Waals surface area contributed by atoms with Gasteiger partial charge < -0.3 is 10.0 Å². The normalized spacial score (nSPS) is 17.5. The molecule has 0 aromatic carbocycles. The molecule has 114 valence electrons. The van der Waals surface area contributed by atoms with Crippen LogP contribution in [0.15, 0.2) is 18.3 Å². The summed E-state index contributed by atoms with van der Waals surface area (Å²) in [5.74, 6) is -0.914. The van der Waals surface area contributed by atoms with Crippen molar-refractivity contribution < 1.29 is 14.7 Å². The minimum Gasteiger partial charge on any atom is -0.481 e. The predicted octanol–water partition coefficient (Wildman–Crippen LogP) is 2.84. The largest absolute Gasteiger partial charge is 0.481 e. The fourth-order valence-corrected chi connectivity index (χ4v) is 2.96. The molecule has 1 aromatic rings. The van der Waals surface area contributed by atoms with Gasteiger partial charge in [-0.25, -0.2) is 4.98 Å². The van der Waals surface area contributed by atoms with E-state index in [2.05, 4.69) is 4.98 Å². The zero-order chi connectivity index (χ0) is 15.5. The van der Waals surface area contributed by atoms with Crippen LogP contribution in [0.4, 0.5) is 0 Å². The van der Waals surface area contributed by atoms with Crippen molar-refractivity contribution in [3.63, 3.8) is 0 Å². The van der Waals surface area contributed by atoms with Crippen LogP contribution in [0, 0.1) is 5.41 Å². The smallest absolute Gasteiger partial charge is 0.309 e. The van der Waals surface area contributed by atoms with Crippen LogP contribution in [-0.4, -0.2) is 40.0 Å². The van der Waals surface area contributed by atoms with Crippen LogP contribution in [0.3, 0.4) is 0 Å². The van der Waals surface area contributed by atoms with E-state index in [4.69, 9.17) is 11.6 Å². The minimum absolute atomic E-state index is 0.165. The summed E-state index contributed by atoms with van der Waals surface area (Å²) >= 11 is 5.76. The second kappa shape index (κ2) is 6.43. The van der Waals surface area contributed by atoms with Crippen molar-refractivity contribution in [1.82, 2.24) is 9.88 Å². The maximum Gasteiger partial charge on any atom is 0.309 e. The Balaban J connectivity index is 2.04. The SMILES string of the molecule is CCCC1(C(=O)O)CCN(C(=O)c2ccc(Cl)cn2)CC1. The van der Waals surface area contributed by atoms with E-state index >= 15 is 0 Å². The van der Waals surface area contributed by atoms with Gasteiger partial charge in [-0.1, -0.05) is 24.9 Å². The van der Waals surface area contributed by atoms with Gasteiger partial charge in [-0.05, 0) is 31.4 Å². The number of rotatable bonds is 4. The molecule has 5 nitrogen and oxygen atoms in total. The highest BCUT2D eigenvalue weighted by molar-refractivity contribution is 6.30. The number of nitrogens with zero attached hydrogens (tertiary/aromatic N) is 2. The minimum atomic E-state index is -0.749. The van der Waals surface area contributed by atoms with Crippen molar-refractivity contribution in [2.24, 2.45) is 5.41 Å². The number of aliphatic carboxylic acids is 1. The fraction of sp³-hybridized carbons (Fsp3) is 0.533. The quantitative estimate of drug-likeness (QED) is 0.928. The van der Waals surface area contributed by atoms with Gasteiger partial charge in [-0.2, -0.15) is 0 Å². The highest BCUT2D eigenvalue weighted by atomic mass is 35.5. The maximum absolute atomic E-state index is 12.3. The fourth-order valence-electron chi connectivity index (χ4n) is 2.85. The summed E-state index contributed by atoms with van der Waals surface area (Å²) < 4.78 is 0. The molecular formula is C15H19ClN2O3. The summed E-state index contributed by atoms with van der Waals surface area (Å²) in [6.45, 7) is 2.89. The summed E-state index contributed by atoms with van der Waals surface area (Å²) in [5, 5.41) is 9.95. The predicted molar refractivity (Wildman–Crippen MR) is 79.4 cm³/mol. The third kappa shape index (κ3) is 3.35. The Kier molecular flexibility index (Phi) is 4.83. The molecule has 0 bridgehead atoms. The number of pyridine rings is 1. The summed E-state index contributed by atoms with van der Waals surface area (Å²) in [7, 11) is 0. The number of hydrogen-bond acceptors (Lipinski definition) is 3. The van der Waals surface area contributed by atoms with Crippen molar-refractivity contribution in [2.45, 2.75) is 32.6 Å². The van der Waals surface area contributed by atoms with E-state index in [-0.39, 0.29) is 5.91 Å². The third-order valence-electron chi connectivity index (χ3n) is 4.14. The first-order chi connectivity index (χ1) is 9.98. The highest BCUT2D eigenvalue weighted by Gasteiger charge is 2.41. The van der Waals surface area contributed by atoms with Gasteiger partial charge in [0.2, 0.25) is 0 Å². The second-order valence-electron chi connectivity index (χ2n) is 5.49. The molecule has 0 radical (unpaired) electrons. The Hall–Kier alpha value is -1.62. The molecule has 6 heteroatoms. The number of amides is 1. The molecule has 2 rings (SSSR count). The van der Waals surface area contributed by atoms with Gasteiger partial charge in [-0.3, -0.25) is 9.59 Å². The summed E-state index contributed by atoms with van der Waals surface area (Å²) in [6.07, 6.45) is 3.92. The number of hydrogen-bond donors (Lipinski definition) is 1. The molecule has 0 saturated carbocycles. The Morgan fingerprint density at radius 2 is 2.05 bits per heavy atom. The van der Waals surface area contributed by atoms with Crippen LogP contribution in [0.25, 0.3) is 0 Å². The number of piperidine rings is 1. The number of carbonyl (C=O) groups excluding carboxylic acids is 1. The Morgan fingerprint density at radius 3 is 2.52 bits per heavy atom. The molecule has 1 aliphatic rings. The number of likely N-dealkylation sites (tertiary alicyclic amines) is 1. The lowest BCUT2D eigenvalue weighted by Crippen LogP contribution is -2.46. The van der Waals surface area contributed by atoms with Crippen molar-refractivity contribution >= 4 is 23.5 Å². The lowest BCUT2D eigenvalue weighted by Gasteiger charge is -2.38. The topological polar surface area (TPSA) is 70.5 Å². The summed E-state index contributed by atoms with van der Waals surface area (Å²) in [4.78, 5) is 29.5. The Morgan fingerprint density at radius 1 is 1.38 bits per heavy atom. The number of carboxylic acid groups (broad SMARTS) is 1. The van der Waals surface area contributed by atoms with E-state index in [1.807, 2.05) is 6.92 Å². The summed E-state index contributed by atoms with van der Waals surface area (Å²) in [5.41, 5.74) is -0.336. The molecule has 0 aliphatic carbocycles. The van der Waals surface area contributed by atoms with Crippen molar-refractivity contribution in [2.75, 3.05) is 13.1 Å². The zero-order valence-electron chi connectivity index (χ0n) is 12.0. The standard InChI is InChI=1S/C15H19ClN2O3/c1-2-5-15(14(20)21)6-8-18(9-7-15)13(19)12-4-3-11(16)10-17-12/h3-4,10H,2,5-9H2,1H3,(H,20,21). The Labute approximate surface area is 128 Å². The van der Waals surface area contributed by atoms with Gasteiger partial charge in [-0.15, -0.1) is 0 Å². The van der Waals surface area contributed by atoms with Gasteiger partial charge in [0, 0.05) is 19.3 Å². The van der Waals surface area contributed by atoms with Gasteiger partial charge in [0.15, 0.2) is 0 Å². The van der Waals surface area contributed by atoms with Gasteiger partial charge >= 0.3 is 5.97 Å².